The Hall–Kier alpha value is -2.29. The fraction of sp³-hybridized carbons (Fsp3) is 0.545. The van der Waals surface area contributed by atoms with Crippen LogP contribution < -0.4 is 5.73 Å². The number of aromatic nitrogens is 6. The Bertz CT molecular complexity index is 577. The second-order valence-corrected chi connectivity index (χ2v) is 4.46. The van der Waals surface area contributed by atoms with E-state index in [1.807, 2.05) is 4.68 Å². The van der Waals surface area contributed by atoms with E-state index in [1.165, 1.54) is 6.33 Å². The lowest BCUT2D eigenvalue weighted by Gasteiger charge is -2.03. The van der Waals surface area contributed by atoms with Gasteiger partial charge >= 0.3 is 5.97 Å². The van der Waals surface area contributed by atoms with Gasteiger partial charge in [-0.1, -0.05) is 12.1 Å². The van der Waals surface area contributed by atoms with Crippen LogP contribution in [0.5, 0.6) is 0 Å². The zero-order valence-electron chi connectivity index (χ0n) is 11.2. The Balaban J connectivity index is 2.02. The summed E-state index contributed by atoms with van der Waals surface area (Å²) >= 11 is 0. The molecule has 2 heterocycles. The number of aliphatic carboxylic acids is 1. The fourth-order valence-electron chi connectivity index (χ4n) is 1.78. The third kappa shape index (κ3) is 3.38. The van der Waals surface area contributed by atoms with Crippen molar-refractivity contribution in [2.24, 2.45) is 5.73 Å². The Morgan fingerprint density at radius 2 is 2.35 bits per heavy atom. The quantitative estimate of drug-likeness (QED) is 0.685. The molecule has 0 bridgehead atoms. The summed E-state index contributed by atoms with van der Waals surface area (Å²) in [5.74, 6) is -0.270. The van der Waals surface area contributed by atoms with Gasteiger partial charge in [0.15, 0.2) is 0 Å². The molecule has 0 aliphatic rings. The molecule has 9 nitrogen and oxygen atoms in total. The van der Waals surface area contributed by atoms with E-state index < -0.39 is 12.0 Å². The maximum atomic E-state index is 10.7. The average molecular weight is 279 g/mol. The van der Waals surface area contributed by atoms with Crippen LogP contribution in [0.3, 0.4) is 0 Å². The maximum absolute atomic E-state index is 10.7. The van der Waals surface area contributed by atoms with E-state index in [2.05, 4.69) is 27.3 Å². The van der Waals surface area contributed by atoms with Gasteiger partial charge in [0.05, 0.1) is 5.69 Å². The van der Waals surface area contributed by atoms with Crippen LogP contribution in [0.1, 0.15) is 24.9 Å². The van der Waals surface area contributed by atoms with Crippen LogP contribution in [-0.2, 0) is 24.3 Å². The lowest BCUT2D eigenvalue weighted by molar-refractivity contribution is -0.138. The number of carboxylic acids is 1. The van der Waals surface area contributed by atoms with Gasteiger partial charge in [0.1, 0.15) is 24.7 Å². The lowest BCUT2D eigenvalue weighted by atomic mass is 10.2. The van der Waals surface area contributed by atoms with E-state index in [9.17, 15) is 4.79 Å². The molecule has 2 rings (SSSR count). The van der Waals surface area contributed by atoms with Crippen molar-refractivity contribution < 1.29 is 9.90 Å². The van der Waals surface area contributed by atoms with Gasteiger partial charge in [0, 0.05) is 19.2 Å². The first-order valence-corrected chi connectivity index (χ1v) is 6.34. The largest absolute Gasteiger partial charge is 0.480 e. The number of rotatable bonds is 7. The van der Waals surface area contributed by atoms with Gasteiger partial charge in [-0.3, -0.25) is 4.79 Å². The molecule has 2 aromatic rings. The molecule has 0 aromatic carbocycles. The average Bonchev–Trinajstić information content (AvgIpc) is 3.01. The molecular weight excluding hydrogens is 262 g/mol. The van der Waals surface area contributed by atoms with Crippen molar-refractivity contribution in [1.29, 1.82) is 0 Å². The van der Waals surface area contributed by atoms with Crippen molar-refractivity contribution in [2.45, 2.75) is 38.9 Å². The Kier molecular flexibility index (Phi) is 4.41. The minimum Gasteiger partial charge on any atom is -0.480 e. The van der Waals surface area contributed by atoms with Crippen molar-refractivity contribution in [3.05, 3.63) is 24.0 Å². The van der Waals surface area contributed by atoms with Gasteiger partial charge in [-0.05, 0) is 6.42 Å². The number of nitrogens with two attached hydrogens (primary N) is 1. The molecule has 108 valence electrons. The molecular formula is C11H17N7O2. The van der Waals surface area contributed by atoms with Crippen LogP contribution in [0, 0.1) is 0 Å². The SMILES string of the molecule is CCCn1ncnc1Cn1cc(CC(N)C(=O)O)nn1. The summed E-state index contributed by atoms with van der Waals surface area (Å²) in [6.45, 7) is 3.29. The van der Waals surface area contributed by atoms with Crippen LogP contribution in [0.25, 0.3) is 0 Å². The first kappa shape index (κ1) is 14.1. The molecule has 0 spiro atoms. The van der Waals surface area contributed by atoms with Gasteiger partial charge < -0.3 is 10.8 Å². The van der Waals surface area contributed by atoms with E-state index in [0.717, 1.165) is 18.8 Å². The van der Waals surface area contributed by atoms with Crippen LogP contribution in [0.15, 0.2) is 12.5 Å². The molecule has 0 saturated carbocycles. The summed E-state index contributed by atoms with van der Waals surface area (Å²) in [5.41, 5.74) is 6.00. The highest BCUT2D eigenvalue weighted by Gasteiger charge is 2.15. The number of carbonyl (C=O) groups is 1. The van der Waals surface area contributed by atoms with E-state index in [1.54, 1.807) is 10.9 Å². The minimum atomic E-state index is -1.05. The van der Waals surface area contributed by atoms with Crippen molar-refractivity contribution in [3.8, 4) is 0 Å². The molecule has 0 fully saturated rings. The summed E-state index contributed by atoms with van der Waals surface area (Å²) in [4.78, 5) is 14.9. The summed E-state index contributed by atoms with van der Waals surface area (Å²) < 4.78 is 3.41. The smallest absolute Gasteiger partial charge is 0.320 e. The molecule has 1 atom stereocenters. The zero-order valence-corrected chi connectivity index (χ0v) is 11.2. The van der Waals surface area contributed by atoms with Gasteiger partial charge in [0.25, 0.3) is 0 Å². The van der Waals surface area contributed by atoms with Crippen molar-refractivity contribution in [3.63, 3.8) is 0 Å². The van der Waals surface area contributed by atoms with Crippen molar-refractivity contribution in [2.75, 3.05) is 0 Å². The van der Waals surface area contributed by atoms with Gasteiger partial charge in [0.2, 0.25) is 0 Å². The molecule has 0 aliphatic heterocycles. The predicted molar refractivity (Wildman–Crippen MR) is 68.8 cm³/mol. The first-order chi connectivity index (χ1) is 9.60. The third-order valence-corrected chi connectivity index (χ3v) is 2.77. The molecule has 3 N–H and O–H groups in total. The van der Waals surface area contributed by atoms with E-state index in [0.29, 0.717) is 12.2 Å². The summed E-state index contributed by atoms with van der Waals surface area (Å²) in [5, 5.41) is 20.7. The highest BCUT2D eigenvalue weighted by molar-refractivity contribution is 5.73. The first-order valence-electron chi connectivity index (χ1n) is 6.34. The molecule has 20 heavy (non-hydrogen) atoms. The Morgan fingerprint density at radius 1 is 1.55 bits per heavy atom. The standard InChI is InChI=1S/C11H17N7O2/c1-2-3-18-10(13-7-14-18)6-17-5-8(15-16-17)4-9(12)11(19)20/h5,7,9H,2-4,6,12H2,1H3,(H,19,20). The van der Waals surface area contributed by atoms with E-state index in [4.69, 9.17) is 10.8 Å². The molecule has 0 radical (unpaired) electrons. The van der Waals surface area contributed by atoms with Crippen molar-refractivity contribution in [1.82, 2.24) is 29.8 Å². The maximum Gasteiger partial charge on any atom is 0.320 e. The fourth-order valence-corrected chi connectivity index (χ4v) is 1.78. The molecule has 0 aliphatic carbocycles. The third-order valence-electron chi connectivity index (χ3n) is 2.77. The topological polar surface area (TPSA) is 125 Å². The van der Waals surface area contributed by atoms with Crippen LogP contribution in [0.4, 0.5) is 0 Å². The van der Waals surface area contributed by atoms with Crippen LogP contribution in [0.2, 0.25) is 0 Å². The summed E-state index contributed by atoms with van der Waals surface area (Å²) in [6, 6.07) is -0.969. The van der Waals surface area contributed by atoms with E-state index >= 15 is 0 Å². The van der Waals surface area contributed by atoms with Gasteiger partial charge in [-0.25, -0.2) is 14.3 Å². The molecule has 0 amide bonds. The number of hydrogen-bond donors (Lipinski definition) is 2. The summed E-state index contributed by atoms with van der Waals surface area (Å²) in [7, 11) is 0. The van der Waals surface area contributed by atoms with Crippen LogP contribution in [-0.4, -0.2) is 46.9 Å². The molecule has 1 unspecified atom stereocenters. The Morgan fingerprint density at radius 3 is 3.05 bits per heavy atom. The second kappa shape index (κ2) is 6.24. The summed E-state index contributed by atoms with van der Waals surface area (Å²) in [6.07, 6.45) is 4.29. The monoisotopic (exact) mass is 279 g/mol. The highest BCUT2D eigenvalue weighted by Crippen LogP contribution is 2.02. The number of nitrogens with zero attached hydrogens (tertiary/aromatic N) is 6. The second-order valence-electron chi connectivity index (χ2n) is 4.46. The molecule has 0 saturated heterocycles. The van der Waals surface area contributed by atoms with Crippen LogP contribution >= 0.6 is 0 Å². The Labute approximate surface area is 115 Å². The normalized spacial score (nSPS) is 12.5. The van der Waals surface area contributed by atoms with Crippen molar-refractivity contribution >= 4 is 5.97 Å². The number of hydrogen-bond acceptors (Lipinski definition) is 6. The number of carboxylic acid groups (broad SMARTS) is 1. The molecule has 2 aromatic heterocycles. The van der Waals surface area contributed by atoms with Gasteiger partial charge in [-0.15, -0.1) is 5.10 Å². The number of aryl methyl sites for hydroxylation is 1. The molecule has 9 heteroatoms. The van der Waals surface area contributed by atoms with Gasteiger partial charge in [-0.2, -0.15) is 5.10 Å². The van der Waals surface area contributed by atoms with E-state index in [-0.39, 0.29) is 6.42 Å². The minimum absolute atomic E-state index is 0.150. The zero-order chi connectivity index (χ0) is 14.5. The lowest BCUT2D eigenvalue weighted by Crippen LogP contribution is -2.32. The highest BCUT2D eigenvalue weighted by atomic mass is 16.4. The predicted octanol–water partition coefficient (Wildman–Crippen LogP) is -0.718.